The number of carbonyl (C=O) groups is 2. The summed E-state index contributed by atoms with van der Waals surface area (Å²) < 4.78 is 1.95. The number of nitrogens with zero attached hydrogens (tertiary/aromatic N) is 5. The summed E-state index contributed by atoms with van der Waals surface area (Å²) in [5.74, 6) is 0.428. The highest BCUT2D eigenvalue weighted by Crippen LogP contribution is 2.31. The number of aryl methyl sites for hydroxylation is 1. The highest BCUT2D eigenvalue weighted by Gasteiger charge is 2.31. The molecule has 0 spiro atoms. The number of pyridine rings is 1. The van der Waals surface area contributed by atoms with Crippen LogP contribution in [0.1, 0.15) is 12.5 Å². The van der Waals surface area contributed by atoms with Crippen molar-refractivity contribution in [1.29, 1.82) is 0 Å². The number of hydrogen-bond acceptors (Lipinski definition) is 6. The minimum Gasteiger partial charge on any atom is -0.336 e. The predicted octanol–water partition coefficient (Wildman–Crippen LogP) is 2.67. The molecule has 1 unspecified atom stereocenters. The summed E-state index contributed by atoms with van der Waals surface area (Å²) in [6.07, 6.45) is 3.41. The van der Waals surface area contributed by atoms with Crippen LogP contribution >= 0.6 is 11.8 Å². The Morgan fingerprint density at radius 2 is 1.93 bits per heavy atom. The fraction of sp³-hybridized carbons (Fsp3) is 0.250. The minimum atomic E-state index is -0.490. The normalized spacial score (nSPS) is 14.7. The predicted molar refractivity (Wildman–Crippen MR) is 110 cm³/mol. The summed E-state index contributed by atoms with van der Waals surface area (Å²) >= 11 is 1.29. The van der Waals surface area contributed by atoms with Crippen molar-refractivity contribution < 1.29 is 9.59 Å². The third-order valence-corrected chi connectivity index (χ3v) is 5.71. The van der Waals surface area contributed by atoms with Gasteiger partial charge in [0.2, 0.25) is 5.91 Å². The summed E-state index contributed by atoms with van der Waals surface area (Å²) in [7, 11) is 0. The molecule has 1 aromatic carbocycles. The molecular weight excluding hydrogens is 388 g/mol. The van der Waals surface area contributed by atoms with Crippen LogP contribution in [0.4, 0.5) is 4.79 Å². The standard InChI is InChI=1S/C20H20N6O2S/c1-13-5-3-4-6-16(13)26-17(15-7-9-21-10-8-15)23-24-20(26)29-14(2)18(27)25-12-11-22-19(25)28/h3-10,14H,11-12H2,1-2H3,(H,22,28). The lowest BCUT2D eigenvalue weighted by Crippen LogP contribution is -2.39. The Morgan fingerprint density at radius 3 is 2.62 bits per heavy atom. The third kappa shape index (κ3) is 3.73. The van der Waals surface area contributed by atoms with Crippen molar-refractivity contribution in [3.05, 3.63) is 54.4 Å². The largest absolute Gasteiger partial charge is 0.336 e. The lowest BCUT2D eigenvalue weighted by atomic mass is 10.2. The van der Waals surface area contributed by atoms with Crippen molar-refractivity contribution in [3.8, 4) is 17.1 Å². The number of hydrogen-bond donors (Lipinski definition) is 1. The first-order chi connectivity index (χ1) is 14.1. The van der Waals surface area contributed by atoms with Gasteiger partial charge in [-0.1, -0.05) is 30.0 Å². The van der Waals surface area contributed by atoms with Crippen LogP contribution in [-0.4, -0.2) is 54.9 Å². The Labute approximate surface area is 172 Å². The van der Waals surface area contributed by atoms with Gasteiger partial charge in [-0.05, 0) is 37.6 Å². The Morgan fingerprint density at radius 1 is 1.17 bits per heavy atom. The molecule has 1 atom stereocenters. The average Bonchev–Trinajstić information content (AvgIpc) is 3.34. The number of thioether (sulfide) groups is 1. The van der Waals surface area contributed by atoms with E-state index in [1.54, 1.807) is 19.3 Å². The van der Waals surface area contributed by atoms with Crippen molar-refractivity contribution in [1.82, 2.24) is 30.0 Å². The fourth-order valence-electron chi connectivity index (χ4n) is 3.18. The van der Waals surface area contributed by atoms with Crippen LogP contribution in [0.25, 0.3) is 17.1 Å². The topological polar surface area (TPSA) is 93.0 Å². The number of benzene rings is 1. The zero-order valence-corrected chi connectivity index (χ0v) is 16.9. The van der Waals surface area contributed by atoms with Gasteiger partial charge in [0, 0.05) is 31.0 Å². The first-order valence-electron chi connectivity index (χ1n) is 9.24. The number of carbonyl (C=O) groups excluding carboxylic acids is 2. The number of imide groups is 1. The molecule has 3 amide bonds. The SMILES string of the molecule is Cc1ccccc1-n1c(SC(C)C(=O)N2CCNC2=O)nnc1-c1ccncc1. The molecule has 1 aliphatic rings. The highest BCUT2D eigenvalue weighted by molar-refractivity contribution is 8.00. The molecule has 3 aromatic rings. The van der Waals surface area contributed by atoms with E-state index in [1.807, 2.05) is 47.9 Å². The van der Waals surface area contributed by atoms with Crippen molar-refractivity contribution >= 4 is 23.7 Å². The number of urea groups is 1. The number of para-hydroxylation sites is 1. The van der Waals surface area contributed by atoms with Crippen LogP contribution in [0.3, 0.4) is 0 Å². The third-order valence-electron chi connectivity index (χ3n) is 4.68. The van der Waals surface area contributed by atoms with Gasteiger partial charge in [0.05, 0.1) is 10.9 Å². The van der Waals surface area contributed by atoms with Gasteiger partial charge < -0.3 is 5.32 Å². The monoisotopic (exact) mass is 408 g/mol. The van der Waals surface area contributed by atoms with Crippen molar-refractivity contribution in [3.63, 3.8) is 0 Å². The van der Waals surface area contributed by atoms with E-state index in [0.717, 1.165) is 16.8 Å². The van der Waals surface area contributed by atoms with Crippen LogP contribution in [0.15, 0.2) is 53.9 Å². The molecule has 1 aliphatic heterocycles. The van der Waals surface area contributed by atoms with Crippen LogP contribution in [-0.2, 0) is 4.79 Å². The zero-order valence-electron chi connectivity index (χ0n) is 16.1. The fourth-order valence-corrected chi connectivity index (χ4v) is 4.10. The molecule has 9 heteroatoms. The summed E-state index contributed by atoms with van der Waals surface area (Å²) in [5.41, 5.74) is 2.87. The molecule has 1 saturated heterocycles. The number of aromatic nitrogens is 4. The summed E-state index contributed by atoms with van der Waals surface area (Å²) in [5, 5.41) is 11.5. The second-order valence-electron chi connectivity index (χ2n) is 6.65. The quantitative estimate of drug-likeness (QED) is 0.653. The molecular formula is C20H20N6O2S. The van der Waals surface area contributed by atoms with Crippen molar-refractivity contribution in [2.45, 2.75) is 24.3 Å². The summed E-state index contributed by atoms with van der Waals surface area (Å²) in [4.78, 5) is 29.9. The average molecular weight is 408 g/mol. The highest BCUT2D eigenvalue weighted by atomic mass is 32.2. The lowest BCUT2D eigenvalue weighted by Gasteiger charge is -2.18. The molecule has 4 rings (SSSR count). The van der Waals surface area contributed by atoms with Gasteiger partial charge >= 0.3 is 6.03 Å². The van der Waals surface area contributed by atoms with E-state index in [-0.39, 0.29) is 11.9 Å². The maximum absolute atomic E-state index is 12.7. The molecule has 0 radical (unpaired) electrons. The van der Waals surface area contributed by atoms with Gasteiger partial charge in [0.1, 0.15) is 0 Å². The van der Waals surface area contributed by atoms with E-state index in [0.29, 0.717) is 24.1 Å². The van der Waals surface area contributed by atoms with Crippen LogP contribution < -0.4 is 5.32 Å². The second-order valence-corrected chi connectivity index (χ2v) is 7.95. The van der Waals surface area contributed by atoms with Crippen LogP contribution in [0, 0.1) is 6.92 Å². The number of rotatable bonds is 5. The van der Waals surface area contributed by atoms with E-state index >= 15 is 0 Å². The Balaban J connectivity index is 1.72. The lowest BCUT2D eigenvalue weighted by molar-refractivity contribution is -0.126. The first kappa shape index (κ1) is 19.1. The molecule has 1 fully saturated rings. The molecule has 148 valence electrons. The van der Waals surface area contributed by atoms with E-state index in [4.69, 9.17) is 0 Å². The molecule has 0 bridgehead atoms. The van der Waals surface area contributed by atoms with Crippen molar-refractivity contribution in [2.24, 2.45) is 0 Å². The first-order valence-corrected chi connectivity index (χ1v) is 10.1. The van der Waals surface area contributed by atoms with Gasteiger partial charge in [-0.3, -0.25) is 19.2 Å². The summed E-state index contributed by atoms with van der Waals surface area (Å²) in [6, 6.07) is 11.3. The smallest absolute Gasteiger partial charge is 0.324 e. The van der Waals surface area contributed by atoms with Gasteiger partial charge in [-0.2, -0.15) is 0 Å². The minimum absolute atomic E-state index is 0.241. The van der Waals surface area contributed by atoms with E-state index in [9.17, 15) is 9.59 Å². The Hall–Kier alpha value is -3.20. The van der Waals surface area contributed by atoms with E-state index in [2.05, 4.69) is 20.5 Å². The molecule has 1 N–H and O–H groups in total. The molecule has 29 heavy (non-hydrogen) atoms. The van der Waals surface area contributed by atoms with Crippen molar-refractivity contribution in [2.75, 3.05) is 13.1 Å². The maximum atomic E-state index is 12.7. The molecule has 3 heterocycles. The van der Waals surface area contributed by atoms with E-state index < -0.39 is 5.25 Å². The van der Waals surface area contributed by atoms with Crippen LogP contribution in [0.5, 0.6) is 0 Å². The molecule has 2 aromatic heterocycles. The van der Waals surface area contributed by atoms with Gasteiger partial charge in [0.25, 0.3) is 0 Å². The summed E-state index contributed by atoms with van der Waals surface area (Å²) in [6.45, 7) is 4.66. The van der Waals surface area contributed by atoms with Gasteiger partial charge in [-0.15, -0.1) is 10.2 Å². The van der Waals surface area contributed by atoms with Crippen LogP contribution in [0.2, 0.25) is 0 Å². The van der Waals surface area contributed by atoms with E-state index in [1.165, 1.54) is 16.7 Å². The Kier molecular flexibility index (Phi) is 5.30. The number of nitrogens with one attached hydrogen (secondary N) is 1. The van der Waals surface area contributed by atoms with Gasteiger partial charge in [0.15, 0.2) is 11.0 Å². The molecule has 0 aliphatic carbocycles. The zero-order chi connectivity index (χ0) is 20.4. The Bertz CT molecular complexity index is 1050. The second kappa shape index (κ2) is 8.04. The molecule has 8 nitrogen and oxygen atoms in total. The number of amides is 3. The maximum Gasteiger partial charge on any atom is 0.324 e. The molecule has 0 saturated carbocycles. The van der Waals surface area contributed by atoms with Gasteiger partial charge in [-0.25, -0.2) is 4.79 Å².